The minimum Gasteiger partial charge on any atom is -0.462 e. The molecular formula is C14H17N3O2. The molecule has 5 nitrogen and oxygen atoms in total. The second-order valence-corrected chi connectivity index (χ2v) is 4.43. The Labute approximate surface area is 112 Å². The highest BCUT2D eigenvalue weighted by Crippen LogP contribution is 2.32. The topological polar surface area (TPSA) is 66.2 Å². The number of carbonyl (C=O) groups is 1. The molecule has 1 aromatic rings. The number of aromatic nitrogens is 1. The molecule has 19 heavy (non-hydrogen) atoms. The molecule has 5 heteroatoms. The Morgan fingerprint density at radius 3 is 3.05 bits per heavy atom. The van der Waals surface area contributed by atoms with Crippen LogP contribution >= 0.6 is 0 Å². The third kappa shape index (κ3) is 3.22. The number of nitrogens with zero attached hydrogens (tertiary/aromatic N) is 3. The van der Waals surface area contributed by atoms with E-state index in [1.807, 2.05) is 0 Å². The first kappa shape index (κ1) is 13.3. The van der Waals surface area contributed by atoms with E-state index >= 15 is 0 Å². The first-order valence-electron chi connectivity index (χ1n) is 6.53. The highest BCUT2D eigenvalue weighted by atomic mass is 16.5. The largest absolute Gasteiger partial charge is 0.462 e. The van der Waals surface area contributed by atoms with Crippen molar-refractivity contribution in [3.63, 3.8) is 0 Å². The van der Waals surface area contributed by atoms with Crippen molar-refractivity contribution in [2.24, 2.45) is 0 Å². The third-order valence-corrected chi connectivity index (χ3v) is 3.01. The monoisotopic (exact) mass is 259 g/mol. The van der Waals surface area contributed by atoms with Gasteiger partial charge in [-0.25, -0.2) is 9.78 Å². The maximum Gasteiger partial charge on any atom is 0.341 e. The lowest BCUT2D eigenvalue weighted by atomic mass is 10.2. The highest BCUT2D eigenvalue weighted by Gasteiger charge is 2.32. The summed E-state index contributed by atoms with van der Waals surface area (Å²) in [6.07, 6.45) is 4.27. The predicted octanol–water partition coefficient (Wildman–Crippen LogP) is 2.14. The van der Waals surface area contributed by atoms with Crippen molar-refractivity contribution in [2.45, 2.75) is 32.2 Å². The van der Waals surface area contributed by atoms with Crippen LogP contribution in [-0.2, 0) is 4.74 Å². The van der Waals surface area contributed by atoms with Gasteiger partial charge in [0.05, 0.1) is 19.1 Å². The molecule has 0 bridgehead atoms. The van der Waals surface area contributed by atoms with Gasteiger partial charge < -0.3 is 9.64 Å². The zero-order chi connectivity index (χ0) is 13.7. The van der Waals surface area contributed by atoms with Gasteiger partial charge in [-0.15, -0.1) is 0 Å². The van der Waals surface area contributed by atoms with Crippen molar-refractivity contribution >= 4 is 11.8 Å². The standard InChI is InChI=1S/C14H17N3O2/c1-2-19-14(18)12-5-3-9-16-13(12)17(10-4-8-15)11-6-7-11/h3,5,9,11H,2,4,6-7,10H2,1H3. The van der Waals surface area contributed by atoms with Crippen LogP contribution in [0, 0.1) is 11.3 Å². The van der Waals surface area contributed by atoms with Crippen LogP contribution in [0.4, 0.5) is 5.82 Å². The molecule has 0 spiro atoms. The minimum absolute atomic E-state index is 0.342. The molecule has 0 atom stereocenters. The number of hydrogen-bond donors (Lipinski definition) is 0. The fourth-order valence-corrected chi connectivity index (χ4v) is 2.01. The lowest BCUT2D eigenvalue weighted by Crippen LogP contribution is -2.29. The second-order valence-electron chi connectivity index (χ2n) is 4.43. The summed E-state index contributed by atoms with van der Waals surface area (Å²) in [6.45, 7) is 2.72. The van der Waals surface area contributed by atoms with Crippen LogP contribution in [0.5, 0.6) is 0 Å². The number of nitriles is 1. The normalized spacial score (nSPS) is 13.7. The molecule has 0 N–H and O–H groups in total. The molecule has 0 amide bonds. The quantitative estimate of drug-likeness (QED) is 0.732. The lowest BCUT2D eigenvalue weighted by Gasteiger charge is -2.24. The number of esters is 1. The molecule has 2 rings (SSSR count). The second kappa shape index (κ2) is 6.19. The molecule has 0 saturated heterocycles. The van der Waals surface area contributed by atoms with Crippen molar-refractivity contribution in [3.8, 4) is 6.07 Å². The average Bonchev–Trinajstić information content (AvgIpc) is 3.25. The fourth-order valence-electron chi connectivity index (χ4n) is 2.01. The maximum absolute atomic E-state index is 11.9. The zero-order valence-corrected chi connectivity index (χ0v) is 11.0. The molecular weight excluding hydrogens is 242 g/mol. The van der Waals surface area contributed by atoms with Crippen molar-refractivity contribution in [2.75, 3.05) is 18.1 Å². The molecule has 0 unspecified atom stereocenters. The van der Waals surface area contributed by atoms with Gasteiger partial charge in [0.25, 0.3) is 0 Å². The van der Waals surface area contributed by atoms with E-state index < -0.39 is 0 Å². The van der Waals surface area contributed by atoms with Gasteiger partial charge in [-0.3, -0.25) is 0 Å². The number of hydrogen-bond acceptors (Lipinski definition) is 5. The SMILES string of the molecule is CCOC(=O)c1cccnc1N(CCC#N)C1CC1. The number of rotatable bonds is 6. The van der Waals surface area contributed by atoms with Crippen molar-refractivity contribution in [1.29, 1.82) is 5.26 Å². The van der Waals surface area contributed by atoms with Gasteiger partial charge in [-0.1, -0.05) is 0 Å². The first-order valence-corrected chi connectivity index (χ1v) is 6.53. The van der Waals surface area contributed by atoms with E-state index in [0.717, 1.165) is 12.8 Å². The first-order chi connectivity index (χ1) is 9.27. The summed E-state index contributed by atoms with van der Waals surface area (Å²) in [6, 6.07) is 5.99. The van der Waals surface area contributed by atoms with Gasteiger partial charge in [0, 0.05) is 18.8 Å². The van der Waals surface area contributed by atoms with Crippen LogP contribution in [-0.4, -0.2) is 30.1 Å². The van der Waals surface area contributed by atoms with E-state index in [2.05, 4.69) is 16.0 Å². The molecule has 1 fully saturated rings. The van der Waals surface area contributed by atoms with E-state index in [1.165, 1.54) is 0 Å². The lowest BCUT2D eigenvalue weighted by molar-refractivity contribution is 0.0526. The molecule has 0 aliphatic heterocycles. The fraction of sp³-hybridized carbons (Fsp3) is 0.500. The van der Waals surface area contributed by atoms with Crippen LogP contribution in [0.25, 0.3) is 0 Å². The van der Waals surface area contributed by atoms with Crippen molar-refractivity contribution in [3.05, 3.63) is 23.9 Å². The van der Waals surface area contributed by atoms with E-state index in [1.54, 1.807) is 25.3 Å². The van der Waals surface area contributed by atoms with E-state index in [4.69, 9.17) is 10.00 Å². The van der Waals surface area contributed by atoms with Crippen LogP contribution in [0.15, 0.2) is 18.3 Å². The summed E-state index contributed by atoms with van der Waals surface area (Å²) in [5, 5.41) is 8.74. The van der Waals surface area contributed by atoms with Gasteiger partial charge in [0.1, 0.15) is 11.4 Å². The Morgan fingerprint density at radius 1 is 1.63 bits per heavy atom. The molecule has 1 saturated carbocycles. The zero-order valence-electron chi connectivity index (χ0n) is 11.0. The summed E-state index contributed by atoms with van der Waals surface area (Å²) in [4.78, 5) is 18.3. The number of ether oxygens (including phenoxy) is 1. The molecule has 1 aliphatic rings. The Bertz CT molecular complexity index is 492. The summed E-state index contributed by atoms with van der Waals surface area (Å²) >= 11 is 0. The van der Waals surface area contributed by atoms with Gasteiger partial charge in [0.15, 0.2) is 0 Å². The number of anilines is 1. The average molecular weight is 259 g/mol. The van der Waals surface area contributed by atoms with Crippen LogP contribution in [0.3, 0.4) is 0 Å². The summed E-state index contributed by atoms with van der Waals surface area (Å²) < 4.78 is 5.05. The van der Waals surface area contributed by atoms with Gasteiger partial charge in [-0.2, -0.15) is 5.26 Å². The highest BCUT2D eigenvalue weighted by molar-refractivity contribution is 5.94. The molecule has 1 heterocycles. The Balaban J connectivity index is 2.26. The van der Waals surface area contributed by atoms with Gasteiger partial charge >= 0.3 is 5.97 Å². The van der Waals surface area contributed by atoms with E-state index in [-0.39, 0.29) is 5.97 Å². The number of pyridine rings is 1. The Kier molecular flexibility index (Phi) is 4.35. The van der Waals surface area contributed by atoms with Crippen LogP contribution in [0.1, 0.15) is 36.5 Å². The smallest absolute Gasteiger partial charge is 0.341 e. The van der Waals surface area contributed by atoms with Crippen LogP contribution in [0.2, 0.25) is 0 Å². The molecule has 0 aromatic carbocycles. The summed E-state index contributed by atoms with van der Waals surface area (Å²) in [5.74, 6) is 0.284. The molecule has 1 aromatic heterocycles. The molecule has 1 aliphatic carbocycles. The van der Waals surface area contributed by atoms with Crippen molar-refractivity contribution < 1.29 is 9.53 Å². The number of carbonyl (C=O) groups excluding carboxylic acids is 1. The van der Waals surface area contributed by atoms with Crippen LogP contribution < -0.4 is 4.90 Å². The Morgan fingerprint density at radius 2 is 2.42 bits per heavy atom. The van der Waals surface area contributed by atoms with E-state index in [0.29, 0.717) is 37.0 Å². The van der Waals surface area contributed by atoms with E-state index in [9.17, 15) is 4.79 Å². The summed E-state index contributed by atoms with van der Waals surface area (Å²) in [5.41, 5.74) is 0.481. The Hall–Kier alpha value is -2.09. The molecule has 0 radical (unpaired) electrons. The van der Waals surface area contributed by atoms with Gasteiger partial charge in [-0.05, 0) is 31.9 Å². The summed E-state index contributed by atoms with van der Waals surface area (Å²) in [7, 11) is 0. The third-order valence-electron chi connectivity index (χ3n) is 3.01. The minimum atomic E-state index is -0.354. The van der Waals surface area contributed by atoms with Crippen molar-refractivity contribution in [1.82, 2.24) is 4.98 Å². The molecule has 100 valence electrons. The predicted molar refractivity (Wildman–Crippen MR) is 70.8 cm³/mol. The van der Waals surface area contributed by atoms with Gasteiger partial charge in [0.2, 0.25) is 0 Å². The maximum atomic E-state index is 11.9.